The molecule has 3 heteroatoms. The molecule has 0 bridgehead atoms. The van der Waals surface area contributed by atoms with Crippen molar-refractivity contribution >= 4 is 0 Å². The van der Waals surface area contributed by atoms with E-state index < -0.39 is 5.92 Å². The summed E-state index contributed by atoms with van der Waals surface area (Å²) in [6, 6.07) is 6.26. The maximum atomic E-state index is 13.4. The number of aliphatic hydroxyl groups excluding tert-OH is 1. The van der Waals surface area contributed by atoms with Crippen molar-refractivity contribution in [3.8, 4) is 0 Å². The summed E-state index contributed by atoms with van der Waals surface area (Å²) in [5.41, 5.74) is 2.03. The van der Waals surface area contributed by atoms with Crippen molar-refractivity contribution in [2.75, 3.05) is 0 Å². The van der Waals surface area contributed by atoms with Gasteiger partial charge in [0.25, 0.3) is 5.92 Å². The lowest BCUT2D eigenvalue weighted by Gasteiger charge is -2.19. The minimum atomic E-state index is -2.76. The lowest BCUT2D eigenvalue weighted by molar-refractivity contribution is -0.00829. The largest absolute Gasteiger partial charge is 0.512 e. The zero-order valence-corrected chi connectivity index (χ0v) is 10.5. The van der Waals surface area contributed by atoms with Gasteiger partial charge >= 0.3 is 0 Å². The summed E-state index contributed by atoms with van der Waals surface area (Å²) in [5, 5.41) is 9.83. The molecule has 1 aromatic rings. The van der Waals surface area contributed by atoms with Gasteiger partial charge in [0.1, 0.15) is 0 Å². The molecule has 1 fully saturated rings. The molecule has 0 heterocycles. The number of aliphatic hydroxyl groups is 1. The van der Waals surface area contributed by atoms with Crippen LogP contribution in [0.3, 0.4) is 0 Å². The first-order valence-corrected chi connectivity index (χ1v) is 6.40. The van der Waals surface area contributed by atoms with Crippen molar-refractivity contribution in [3.63, 3.8) is 0 Å². The highest BCUT2D eigenvalue weighted by Gasteiger charge is 2.28. The van der Waals surface area contributed by atoms with Crippen molar-refractivity contribution in [3.05, 3.63) is 46.7 Å². The van der Waals surface area contributed by atoms with E-state index >= 15 is 0 Å². The van der Waals surface area contributed by atoms with Gasteiger partial charge in [-0.15, -0.1) is 0 Å². The summed E-state index contributed by atoms with van der Waals surface area (Å²) < 4.78 is 26.8. The fourth-order valence-corrected chi connectivity index (χ4v) is 2.03. The van der Waals surface area contributed by atoms with Crippen molar-refractivity contribution in [1.29, 1.82) is 0 Å². The highest BCUT2D eigenvalue weighted by molar-refractivity contribution is 5.29. The van der Waals surface area contributed by atoms with E-state index in [-0.39, 0.29) is 12.0 Å². The van der Waals surface area contributed by atoms with Gasteiger partial charge in [-0.2, -0.15) is 0 Å². The minimum absolute atomic E-state index is 0.0459. The van der Waals surface area contributed by atoms with Crippen LogP contribution in [0.2, 0.25) is 0 Å². The van der Waals surface area contributed by atoms with Gasteiger partial charge in [0.05, 0.1) is 5.76 Å². The molecule has 0 atom stereocenters. The Morgan fingerprint density at radius 2 is 1.83 bits per heavy atom. The number of halogens is 2. The summed E-state index contributed by atoms with van der Waals surface area (Å²) in [4.78, 5) is 0. The van der Waals surface area contributed by atoms with E-state index in [1.54, 1.807) is 12.1 Å². The van der Waals surface area contributed by atoms with Crippen LogP contribution in [0.4, 0.5) is 8.78 Å². The summed E-state index contributed by atoms with van der Waals surface area (Å²) in [6.45, 7) is 1.47. The molecule has 1 aliphatic carbocycles. The SMILES string of the molecule is CCC(F)(F)c1ccc(CC(O)=C2CCC2)cc1. The van der Waals surface area contributed by atoms with E-state index in [1.165, 1.54) is 19.1 Å². The van der Waals surface area contributed by atoms with Crippen LogP contribution in [-0.2, 0) is 12.3 Å². The highest BCUT2D eigenvalue weighted by Crippen LogP contribution is 2.32. The second-order valence-corrected chi connectivity index (χ2v) is 4.84. The molecule has 1 saturated carbocycles. The maximum Gasteiger partial charge on any atom is 0.273 e. The molecule has 0 radical (unpaired) electrons. The molecule has 1 aromatic carbocycles. The Bertz CT molecular complexity index is 440. The number of hydrogen-bond acceptors (Lipinski definition) is 1. The molecule has 0 amide bonds. The lowest BCUT2D eigenvalue weighted by Crippen LogP contribution is -2.11. The van der Waals surface area contributed by atoms with Crippen molar-refractivity contribution in [2.45, 2.75) is 45.0 Å². The lowest BCUT2D eigenvalue weighted by atomic mass is 9.89. The van der Waals surface area contributed by atoms with E-state index in [1.807, 2.05) is 0 Å². The number of rotatable bonds is 4. The van der Waals surface area contributed by atoms with Crippen LogP contribution in [0.15, 0.2) is 35.6 Å². The fraction of sp³-hybridized carbons (Fsp3) is 0.467. The van der Waals surface area contributed by atoms with Crippen molar-refractivity contribution in [2.24, 2.45) is 0 Å². The smallest absolute Gasteiger partial charge is 0.273 e. The molecule has 1 nitrogen and oxygen atoms in total. The van der Waals surface area contributed by atoms with E-state index in [4.69, 9.17) is 0 Å². The molecular weight excluding hydrogens is 234 g/mol. The second kappa shape index (κ2) is 5.09. The molecule has 0 unspecified atom stereocenters. The monoisotopic (exact) mass is 252 g/mol. The van der Waals surface area contributed by atoms with Gasteiger partial charge in [0.2, 0.25) is 0 Å². The van der Waals surface area contributed by atoms with Gasteiger partial charge < -0.3 is 5.11 Å². The number of benzene rings is 1. The third kappa shape index (κ3) is 2.71. The molecule has 0 saturated heterocycles. The number of allylic oxidation sites excluding steroid dienone is 2. The van der Waals surface area contributed by atoms with E-state index in [0.717, 1.165) is 30.4 Å². The zero-order chi connectivity index (χ0) is 13.2. The van der Waals surface area contributed by atoms with Crippen molar-refractivity contribution in [1.82, 2.24) is 0 Å². The van der Waals surface area contributed by atoms with Gasteiger partial charge in [-0.25, -0.2) is 8.78 Å². The van der Waals surface area contributed by atoms with Crippen LogP contribution in [0.1, 0.15) is 43.7 Å². The topological polar surface area (TPSA) is 20.2 Å². The number of alkyl halides is 2. The Kier molecular flexibility index (Phi) is 3.69. The molecule has 2 rings (SSSR count). The number of hydrogen-bond donors (Lipinski definition) is 1. The Labute approximate surface area is 106 Å². The van der Waals surface area contributed by atoms with Gasteiger partial charge in [0.15, 0.2) is 0 Å². The third-order valence-electron chi connectivity index (χ3n) is 3.56. The van der Waals surface area contributed by atoms with Crippen LogP contribution >= 0.6 is 0 Å². The molecule has 98 valence electrons. The molecule has 1 N–H and O–H groups in total. The van der Waals surface area contributed by atoms with Gasteiger partial charge in [0, 0.05) is 18.4 Å². The average Bonchev–Trinajstić information content (AvgIpc) is 2.27. The maximum absolute atomic E-state index is 13.4. The van der Waals surface area contributed by atoms with E-state index in [2.05, 4.69) is 0 Å². The summed E-state index contributed by atoms with van der Waals surface area (Å²) in [6.07, 6.45) is 3.34. The normalized spacial score (nSPS) is 15.4. The quantitative estimate of drug-likeness (QED) is 0.768. The summed E-state index contributed by atoms with van der Waals surface area (Å²) >= 11 is 0. The molecule has 1 aliphatic rings. The van der Waals surface area contributed by atoms with Crippen molar-refractivity contribution < 1.29 is 13.9 Å². The minimum Gasteiger partial charge on any atom is -0.512 e. The predicted octanol–water partition coefficient (Wildman–Crippen LogP) is 4.73. The third-order valence-corrected chi connectivity index (χ3v) is 3.56. The molecule has 0 aromatic heterocycles. The van der Waals surface area contributed by atoms with Crippen LogP contribution in [0.5, 0.6) is 0 Å². The van der Waals surface area contributed by atoms with E-state index in [0.29, 0.717) is 12.2 Å². The van der Waals surface area contributed by atoms with Crippen LogP contribution in [0, 0.1) is 0 Å². The second-order valence-electron chi connectivity index (χ2n) is 4.84. The summed E-state index contributed by atoms with van der Waals surface area (Å²) in [7, 11) is 0. The Balaban J connectivity index is 2.08. The van der Waals surface area contributed by atoms with Crippen LogP contribution in [0.25, 0.3) is 0 Å². The Morgan fingerprint density at radius 1 is 1.22 bits per heavy atom. The molecule has 0 spiro atoms. The first-order chi connectivity index (χ1) is 8.53. The molecular formula is C15H18F2O. The Morgan fingerprint density at radius 3 is 2.28 bits per heavy atom. The van der Waals surface area contributed by atoms with Gasteiger partial charge in [-0.3, -0.25) is 0 Å². The van der Waals surface area contributed by atoms with Gasteiger partial charge in [-0.05, 0) is 30.4 Å². The Hall–Kier alpha value is -1.38. The fourth-order valence-electron chi connectivity index (χ4n) is 2.03. The standard InChI is InChI=1S/C15H18F2O/c1-2-15(16,17)13-8-6-11(7-9-13)10-14(18)12-4-3-5-12/h6-9,18H,2-5,10H2,1H3. The summed E-state index contributed by atoms with van der Waals surface area (Å²) in [5.74, 6) is -2.34. The highest BCUT2D eigenvalue weighted by atomic mass is 19.3. The molecule has 0 aliphatic heterocycles. The zero-order valence-electron chi connectivity index (χ0n) is 10.5. The average molecular weight is 252 g/mol. The first-order valence-electron chi connectivity index (χ1n) is 6.40. The van der Waals surface area contributed by atoms with Gasteiger partial charge in [-0.1, -0.05) is 31.2 Å². The predicted molar refractivity (Wildman–Crippen MR) is 67.8 cm³/mol. The van der Waals surface area contributed by atoms with Crippen LogP contribution in [-0.4, -0.2) is 5.11 Å². The van der Waals surface area contributed by atoms with Crippen LogP contribution < -0.4 is 0 Å². The first kappa shape index (κ1) is 13.1. The molecule has 18 heavy (non-hydrogen) atoms. The van der Waals surface area contributed by atoms with E-state index in [9.17, 15) is 13.9 Å².